The minimum Gasteiger partial charge on any atom is -0.478 e. The monoisotopic (exact) mass is 252 g/mol. The van der Waals surface area contributed by atoms with Gasteiger partial charge in [-0.2, -0.15) is 11.8 Å². The molecule has 0 aromatic carbocycles. The van der Waals surface area contributed by atoms with Crippen LogP contribution in [0.15, 0.2) is 12.3 Å². The zero-order chi connectivity index (χ0) is 12.3. The van der Waals surface area contributed by atoms with Crippen molar-refractivity contribution in [2.75, 3.05) is 16.8 Å². The van der Waals surface area contributed by atoms with Crippen molar-refractivity contribution in [2.45, 2.75) is 25.8 Å². The molecule has 1 fully saturated rings. The molecule has 17 heavy (non-hydrogen) atoms. The van der Waals surface area contributed by atoms with Crippen LogP contribution >= 0.6 is 11.8 Å². The maximum absolute atomic E-state index is 11.1. The van der Waals surface area contributed by atoms with Crippen molar-refractivity contribution in [2.24, 2.45) is 0 Å². The zero-order valence-corrected chi connectivity index (χ0v) is 10.6. The van der Waals surface area contributed by atoms with Crippen LogP contribution in [0.3, 0.4) is 0 Å². The molecule has 0 saturated carbocycles. The van der Waals surface area contributed by atoms with Crippen LogP contribution in [0.2, 0.25) is 0 Å². The van der Waals surface area contributed by atoms with Gasteiger partial charge in [-0.25, -0.2) is 4.79 Å². The molecule has 1 aromatic heterocycles. The minimum atomic E-state index is -0.927. The number of hydrogen-bond acceptors (Lipinski definition) is 4. The summed E-state index contributed by atoms with van der Waals surface area (Å²) in [4.78, 5) is 15.1. The Balaban J connectivity index is 2.17. The average Bonchev–Trinajstić information content (AvgIpc) is 2.30. The fourth-order valence-corrected chi connectivity index (χ4v) is 3.00. The van der Waals surface area contributed by atoms with E-state index in [2.05, 4.69) is 10.3 Å². The number of nitrogens with one attached hydrogen (secondary N) is 1. The number of carboxylic acids is 1. The van der Waals surface area contributed by atoms with Gasteiger partial charge >= 0.3 is 5.97 Å². The number of aromatic nitrogens is 1. The van der Waals surface area contributed by atoms with Gasteiger partial charge in [0.15, 0.2) is 0 Å². The number of carbonyl (C=O) groups is 1. The molecular weight excluding hydrogens is 236 g/mol. The first-order valence-electron chi connectivity index (χ1n) is 5.71. The van der Waals surface area contributed by atoms with Crippen molar-refractivity contribution in [3.8, 4) is 0 Å². The number of anilines is 1. The third-order valence-corrected chi connectivity index (χ3v) is 4.01. The first kappa shape index (κ1) is 12.2. The van der Waals surface area contributed by atoms with Crippen LogP contribution in [0.25, 0.3) is 0 Å². The second kappa shape index (κ2) is 5.40. The van der Waals surface area contributed by atoms with Gasteiger partial charge in [-0.15, -0.1) is 0 Å². The van der Waals surface area contributed by atoms with Crippen molar-refractivity contribution in [1.29, 1.82) is 0 Å². The van der Waals surface area contributed by atoms with Gasteiger partial charge in [-0.05, 0) is 31.6 Å². The highest BCUT2D eigenvalue weighted by molar-refractivity contribution is 7.99. The summed E-state index contributed by atoms with van der Waals surface area (Å²) in [6.07, 6.45) is 3.72. The van der Waals surface area contributed by atoms with Gasteiger partial charge in [-0.3, -0.25) is 4.98 Å². The van der Waals surface area contributed by atoms with Crippen molar-refractivity contribution in [3.05, 3.63) is 23.5 Å². The highest BCUT2D eigenvalue weighted by atomic mass is 32.2. The maximum Gasteiger partial charge on any atom is 0.339 e. The van der Waals surface area contributed by atoms with E-state index in [0.717, 1.165) is 17.9 Å². The molecule has 1 unspecified atom stereocenters. The van der Waals surface area contributed by atoms with Crippen LogP contribution in [-0.2, 0) is 0 Å². The van der Waals surface area contributed by atoms with E-state index >= 15 is 0 Å². The van der Waals surface area contributed by atoms with Gasteiger partial charge in [0.2, 0.25) is 0 Å². The highest BCUT2D eigenvalue weighted by Crippen LogP contribution is 2.23. The SMILES string of the molecule is Cc1cc(NC2CCCSC2)c(C(=O)O)cn1. The van der Waals surface area contributed by atoms with Crippen LogP contribution in [0.4, 0.5) is 5.69 Å². The van der Waals surface area contributed by atoms with Gasteiger partial charge in [-0.1, -0.05) is 0 Å². The molecule has 0 spiro atoms. The summed E-state index contributed by atoms with van der Waals surface area (Å²) in [6, 6.07) is 2.18. The van der Waals surface area contributed by atoms with E-state index in [-0.39, 0.29) is 5.56 Å². The number of hydrogen-bond donors (Lipinski definition) is 2. The summed E-state index contributed by atoms with van der Waals surface area (Å²) < 4.78 is 0. The van der Waals surface area contributed by atoms with Crippen molar-refractivity contribution in [1.82, 2.24) is 4.98 Å². The third kappa shape index (κ3) is 3.12. The van der Waals surface area contributed by atoms with E-state index in [1.165, 1.54) is 18.4 Å². The fraction of sp³-hybridized carbons (Fsp3) is 0.500. The molecule has 92 valence electrons. The summed E-state index contributed by atoms with van der Waals surface area (Å²) >= 11 is 1.92. The third-order valence-electron chi connectivity index (χ3n) is 2.79. The molecule has 1 atom stereocenters. The van der Waals surface area contributed by atoms with E-state index in [1.54, 1.807) is 0 Å². The molecule has 1 saturated heterocycles. The first-order chi connectivity index (χ1) is 8.16. The number of rotatable bonds is 3. The van der Waals surface area contributed by atoms with Crippen LogP contribution in [-0.4, -0.2) is 33.6 Å². The summed E-state index contributed by atoms with van der Waals surface area (Å²) in [7, 11) is 0. The quantitative estimate of drug-likeness (QED) is 0.865. The lowest BCUT2D eigenvalue weighted by Crippen LogP contribution is -2.26. The molecule has 0 amide bonds. The molecule has 1 aliphatic heterocycles. The number of aryl methyl sites for hydroxylation is 1. The van der Waals surface area contributed by atoms with Gasteiger partial charge in [0.05, 0.1) is 5.69 Å². The zero-order valence-electron chi connectivity index (χ0n) is 9.77. The van der Waals surface area contributed by atoms with Gasteiger partial charge in [0.1, 0.15) is 5.56 Å². The molecule has 0 aliphatic carbocycles. The normalized spacial score (nSPS) is 19.9. The number of aromatic carboxylic acids is 1. The van der Waals surface area contributed by atoms with Crippen molar-refractivity contribution >= 4 is 23.4 Å². The van der Waals surface area contributed by atoms with Crippen LogP contribution in [0.5, 0.6) is 0 Å². The fourth-order valence-electron chi connectivity index (χ4n) is 1.92. The lowest BCUT2D eigenvalue weighted by atomic mass is 10.1. The largest absolute Gasteiger partial charge is 0.478 e. The molecule has 2 N–H and O–H groups in total. The molecule has 4 nitrogen and oxygen atoms in total. The molecule has 1 aromatic rings. The topological polar surface area (TPSA) is 62.2 Å². The van der Waals surface area contributed by atoms with Crippen molar-refractivity contribution in [3.63, 3.8) is 0 Å². The lowest BCUT2D eigenvalue weighted by molar-refractivity contribution is 0.0697. The van der Waals surface area contributed by atoms with E-state index in [9.17, 15) is 4.79 Å². The number of nitrogens with zero attached hydrogens (tertiary/aromatic N) is 1. The molecule has 5 heteroatoms. The van der Waals surface area contributed by atoms with Crippen LogP contribution in [0, 0.1) is 6.92 Å². The molecule has 0 radical (unpaired) electrons. The Kier molecular flexibility index (Phi) is 3.89. The molecular formula is C12H16N2O2S. The predicted octanol–water partition coefficient (Wildman–Crippen LogP) is 2.40. The first-order valence-corrected chi connectivity index (χ1v) is 6.86. The van der Waals surface area contributed by atoms with Gasteiger partial charge < -0.3 is 10.4 Å². The predicted molar refractivity (Wildman–Crippen MR) is 69.9 cm³/mol. The Morgan fingerprint density at radius 3 is 3.12 bits per heavy atom. The summed E-state index contributed by atoms with van der Waals surface area (Å²) in [6.45, 7) is 1.87. The smallest absolute Gasteiger partial charge is 0.339 e. The standard InChI is InChI=1S/C12H16N2O2S/c1-8-5-11(10(6-13-8)12(15)16)14-9-3-2-4-17-7-9/h5-6,9H,2-4,7H2,1H3,(H,13,14)(H,15,16). The maximum atomic E-state index is 11.1. The number of carboxylic acid groups (broad SMARTS) is 1. The van der Waals surface area contributed by atoms with E-state index in [1.807, 2.05) is 24.8 Å². The lowest BCUT2D eigenvalue weighted by Gasteiger charge is -2.24. The van der Waals surface area contributed by atoms with Gasteiger partial charge in [0.25, 0.3) is 0 Å². The minimum absolute atomic E-state index is 0.256. The summed E-state index contributed by atoms with van der Waals surface area (Å²) in [5.74, 6) is 1.32. The summed E-state index contributed by atoms with van der Waals surface area (Å²) in [5.41, 5.74) is 1.78. The Hall–Kier alpha value is -1.23. The Morgan fingerprint density at radius 2 is 2.47 bits per heavy atom. The second-order valence-electron chi connectivity index (χ2n) is 4.23. The van der Waals surface area contributed by atoms with Crippen LogP contribution in [0.1, 0.15) is 28.9 Å². The van der Waals surface area contributed by atoms with E-state index in [0.29, 0.717) is 11.7 Å². The average molecular weight is 252 g/mol. The van der Waals surface area contributed by atoms with Crippen LogP contribution < -0.4 is 5.32 Å². The number of thioether (sulfide) groups is 1. The highest BCUT2D eigenvalue weighted by Gasteiger charge is 2.17. The Bertz CT molecular complexity index is 417. The van der Waals surface area contributed by atoms with Gasteiger partial charge in [0, 0.05) is 23.7 Å². The van der Waals surface area contributed by atoms with Crippen molar-refractivity contribution < 1.29 is 9.90 Å². The molecule has 0 bridgehead atoms. The Morgan fingerprint density at radius 1 is 1.65 bits per heavy atom. The summed E-state index contributed by atoms with van der Waals surface area (Å²) in [5, 5.41) is 12.4. The Labute approximate surface area is 105 Å². The van der Waals surface area contributed by atoms with E-state index in [4.69, 9.17) is 5.11 Å². The molecule has 2 heterocycles. The second-order valence-corrected chi connectivity index (χ2v) is 5.38. The van der Waals surface area contributed by atoms with E-state index < -0.39 is 5.97 Å². The molecule has 1 aliphatic rings. The number of pyridine rings is 1. The molecule has 2 rings (SSSR count).